The minimum Gasteiger partial charge on any atom is -0.496 e. The van der Waals surface area contributed by atoms with Crippen molar-refractivity contribution in [3.8, 4) is 5.75 Å². The van der Waals surface area contributed by atoms with Gasteiger partial charge in [0.15, 0.2) is 0 Å². The lowest BCUT2D eigenvalue weighted by atomic mass is 10.2. The van der Waals surface area contributed by atoms with Crippen LogP contribution in [-0.2, 0) is 10.0 Å². The van der Waals surface area contributed by atoms with Gasteiger partial charge in [-0.2, -0.15) is 0 Å². The van der Waals surface area contributed by atoms with E-state index in [1.165, 1.54) is 26.3 Å². The van der Waals surface area contributed by atoms with E-state index in [1.54, 1.807) is 30.3 Å². The van der Waals surface area contributed by atoms with Gasteiger partial charge in [-0.3, -0.25) is 4.31 Å². The maximum Gasteiger partial charge on any atom is 0.339 e. The summed E-state index contributed by atoms with van der Waals surface area (Å²) in [7, 11) is -1.12. The Hall–Kier alpha value is -2.54. The van der Waals surface area contributed by atoms with Gasteiger partial charge in [-0.05, 0) is 30.3 Å². The first-order valence-electron chi connectivity index (χ1n) is 6.33. The van der Waals surface area contributed by atoms with Crippen LogP contribution in [0.2, 0.25) is 0 Å². The second-order valence-electron chi connectivity index (χ2n) is 4.48. The fourth-order valence-electron chi connectivity index (χ4n) is 1.95. The summed E-state index contributed by atoms with van der Waals surface area (Å²) in [6, 6.07) is 12.3. The zero-order valence-electron chi connectivity index (χ0n) is 12.1. The molecule has 0 atom stereocenters. The van der Waals surface area contributed by atoms with Crippen molar-refractivity contribution in [2.75, 3.05) is 18.5 Å². The summed E-state index contributed by atoms with van der Waals surface area (Å²) in [4.78, 5) is 11.1. The van der Waals surface area contributed by atoms with Crippen LogP contribution < -0.4 is 9.04 Å². The topological polar surface area (TPSA) is 83.9 Å². The number of hydrogen-bond donors (Lipinski definition) is 1. The van der Waals surface area contributed by atoms with Crippen LogP contribution in [0.5, 0.6) is 5.75 Å². The quantitative estimate of drug-likeness (QED) is 0.913. The van der Waals surface area contributed by atoms with E-state index >= 15 is 0 Å². The zero-order chi connectivity index (χ0) is 16.3. The van der Waals surface area contributed by atoms with Gasteiger partial charge in [-0.25, -0.2) is 13.2 Å². The number of carboxylic acid groups (broad SMARTS) is 1. The lowest BCUT2D eigenvalue weighted by molar-refractivity contribution is 0.0693. The van der Waals surface area contributed by atoms with Crippen molar-refractivity contribution in [2.24, 2.45) is 0 Å². The van der Waals surface area contributed by atoms with Gasteiger partial charge in [0.05, 0.1) is 17.7 Å². The maximum absolute atomic E-state index is 12.6. The first-order valence-corrected chi connectivity index (χ1v) is 7.77. The van der Waals surface area contributed by atoms with Crippen molar-refractivity contribution in [1.82, 2.24) is 0 Å². The Kier molecular flexibility index (Phi) is 4.37. The van der Waals surface area contributed by atoms with Crippen LogP contribution in [0, 0.1) is 0 Å². The molecule has 0 aliphatic heterocycles. The number of ether oxygens (including phenoxy) is 1. The number of aromatic carboxylic acids is 1. The number of anilines is 1. The van der Waals surface area contributed by atoms with Gasteiger partial charge in [-0.15, -0.1) is 0 Å². The Morgan fingerprint density at radius 1 is 1.14 bits per heavy atom. The number of carboxylic acids is 1. The summed E-state index contributed by atoms with van der Waals surface area (Å²) in [5.74, 6) is -1.15. The van der Waals surface area contributed by atoms with Crippen molar-refractivity contribution >= 4 is 21.7 Å². The molecule has 2 aromatic carbocycles. The second-order valence-corrected chi connectivity index (χ2v) is 6.44. The Morgan fingerprint density at radius 2 is 1.77 bits per heavy atom. The fourth-order valence-corrected chi connectivity index (χ4v) is 3.17. The van der Waals surface area contributed by atoms with Crippen LogP contribution >= 0.6 is 0 Å². The number of carbonyl (C=O) groups is 1. The fraction of sp³-hybridized carbons (Fsp3) is 0.133. The first kappa shape index (κ1) is 15.8. The summed E-state index contributed by atoms with van der Waals surface area (Å²) in [5.41, 5.74) is 0.278. The average Bonchev–Trinajstić information content (AvgIpc) is 2.54. The van der Waals surface area contributed by atoms with Crippen molar-refractivity contribution < 1.29 is 23.1 Å². The number of para-hydroxylation sites is 1. The van der Waals surface area contributed by atoms with Crippen LogP contribution in [0.1, 0.15) is 10.4 Å². The van der Waals surface area contributed by atoms with Crippen molar-refractivity contribution in [1.29, 1.82) is 0 Å². The second kappa shape index (κ2) is 6.07. The van der Waals surface area contributed by atoms with Gasteiger partial charge in [0.1, 0.15) is 11.3 Å². The van der Waals surface area contributed by atoms with Gasteiger partial charge in [0.2, 0.25) is 0 Å². The molecule has 0 aliphatic carbocycles. The molecular formula is C15H15NO5S. The smallest absolute Gasteiger partial charge is 0.339 e. The summed E-state index contributed by atoms with van der Waals surface area (Å²) in [5, 5.41) is 9.15. The molecule has 0 aliphatic rings. The van der Waals surface area contributed by atoms with Crippen LogP contribution in [0.3, 0.4) is 0 Å². The lowest BCUT2D eigenvalue weighted by Gasteiger charge is -2.20. The molecule has 6 nitrogen and oxygen atoms in total. The molecule has 22 heavy (non-hydrogen) atoms. The molecule has 0 saturated carbocycles. The molecule has 116 valence electrons. The summed E-state index contributed by atoms with van der Waals surface area (Å²) >= 11 is 0. The maximum atomic E-state index is 12.6. The number of benzene rings is 2. The predicted molar refractivity (Wildman–Crippen MR) is 82.0 cm³/mol. The average molecular weight is 321 g/mol. The van der Waals surface area contributed by atoms with Crippen LogP contribution in [0.15, 0.2) is 53.4 Å². The third kappa shape index (κ3) is 2.89. The standard InChI is InChI=1S/C15H15NO5S/c1-16(11-6-4-3-5-7-11)22(19,20)12-8-9-14(21-2)13(10-12)15(17)18/h3-10H,1-2H3,(H,17,18). The zero-order valence-corrected chi connectivity index (χ0v) is 12.9. The number of sulfonamides is 1. The number of methoxy groups -OCH3 is 1. The van der Waals surface area contributed by atoms with E-state index in [9.17, 15) is 13.2 Å². The molecule has 2 aromatic rings. The monoisotopic (exact) mass is 321 g/mol. The van der Waals surface area contributed by atoms with Gasteiger partial charge >= 0.3 is 5.97 Å². The van der Waals surface area contributed by atoms with Gasteiger partial charge in [0, 0.05) is 7.05 Å². The Labute approximate surface area is 128 Å². The van der Waals surface area contributed by atoms with Crippen molar-refractivity contribution in [3.05, 3.63) is 54.1 Å². The highest BCUT2D eigenvalue weighted by Crippen LogP contribution is 2.26. The van der Waals surface area contributed by atoms with Crippen LogP contribution in [0.4, 0.5) is 5.69 Å². The SMILES string of the molecule is COc1ccc(S(=O)(=O)N(C)c2ccccc2)cc1C(=O)O. The van der Waals surface area contributed by atoms with E-state index in [0.29, 0.717) is 5.69 Å². The highest BCUT2D eigenvalue weighted by atomic mass is 32.2. The van der Waals surface area contributed by atoms with Crippen LogP contribution in [-0.4, -0.2) is 33.7 Å². The van der Waals surface area contributed by atoms with E-state index in [0.717, 1.165) is 10.4 Å². The molecule has 0 spiro atoms. The van der Waals surface area contributed by atoms with E-state index in [1.807, 2.05) is 0 Å². The molecule has 0 heterocycles. The number of nitrogens with zero attached hydrogens (tertiary/aromatic N) is 1. The molecule has 2 rings (SSSR count). The van der Waals surface area contributed by atoms with E-state index in [2.05, 4.69) is 0 Å². The molecule has 0 radical (unpaired) electrons. The predicted octanol–water partition coefficient (Wildman–Crippen LogP) is 2.22. The molecule has 0 fully saturated rings. The van der Waals surface area contributed by atoms with Crippen molar-refractivity contribution in [3.63, 3.8) is 0 Å². The summed E-state index contributed by atoms with van der Waals surface area (Å²) < 4.78 is 31.2. The highest BCUT2D eigenvalue weighted by Gasteiger charge is 2.24. The van der Waals surface area contributed by atoms with Gasteiger partial charge in [-0.1, -0.05) is 18.2 Å². The normalized spacial score (nSPS) is 11.0. The number of rotatable bonds is 5. The first-order chi connectivity index (χ1) is 10.4. The Bertz CT molecular complexity index is 787. The van der Waals surface area contributed by atoms with E-state index in [4.69, 9.17) is 9.84 Å². The summed E-state index contributed by atoms with van der Waals surface area (Å²) in [6.07, 6.45) is 0. The third-order valence-corrected chi connectivity index (χ3v) is 4.96. The lowest BCUT2D eigenvalue weighted by Crippen LogP contribution is -2.26. The van der Waals surface area contributed by atoms with E-state index < -0.39 is 16.0 Å². The molecule has 1 N–H and O–H groups in total. The molecule has 0 unspecified atom stereocenters. The van der Waals surface area contributed by atoms with Crippen LogP contribution in [0.25, 0.3) is 0 Å². The molecule has 0 amide bonds. The third-order valence-electron chi connectivity index (χ3n) is 3.18. The van der Waals surface area contributed by atoms with Crippen molar-refractivity contribution in [2.45, 2.75) is 4.90 Å². The molecule has 0 saturated heterocycles. The largest absolute Gasteiger partial charge is 0.496 e. The number of hydrogen-bond acceptors (Lipinski definition) is 4. The van der Waals surface area contributed by atoms with Gasteiger partial charge in [0.25, 0.3) is 10.0 Å². The summed E-state index contributed by atoms with van der Waals surface area (Å²) in [6.45, 7) is 0. The van der Waals surface area contributed by atoms with Gasteiger partial charge < -0.3 is 9.84 Å². The minimum absolute atomic E-state index is 0.105. The molecular weight excluding hydrogens is 306 g/mol. The highest BCUT2D eigenvalue weighted by molar-refractivity contribution is 7.92. The molecule has 0 bridgehead atoms. The Morgan fingerprint density at radius 3 is 2.32 bits per heavy atom. The molecule has 7 heteroatoms. The van der Waals surface area contributed by atoms with E-state index in [-0.39, 0.29) is 16.2 Å². The molecule has 0 aromatic heterocycles. The minimum atomic E-state index is -3.86. The Balaban J connectivity index is 2.50.